The molecule has 0 aliphatic rings. The van der Waals surface area contributed by atoms with E-state index in [0.29, 0.717) is 26.9 Å². The molecule has 176 valence electrons. The van der Waals surface area contributed by atoms with Crippen LogP contribution in [0.4, 0.5) is 20.6 Å². The van der Waals surface area contributed by atoms with Crippen molar-refractivity contribution >= 4 is 52.7 Å². The molecule has 3 aromatic rings. The minimum absolute atomic E-state index is 0.0651. The highest BCUT2D eigenvalue weighted by atomic mass is 35.5. The number of rotatable bonds is 9. The Morgan fingerprint density at radius 3 is 2.12 bits per heavy atom. The quantitative estimate of drug-likeness (QED) is 0.314. The Balaban J connectivity index is 1.49. The molecule has 0 aliphatic heterocycles. The molecule has 0 aromatic heterocycles. The van der Waals surface area contributed by atoms with Gasteiger partial charge in [-0.25, -0.2) is 9.18 Å². The highest BCUT2D eigenvalue weighted by Gasteiger charge is 2.20. The van der Waals surface area contributed by atoms with Crippen molar-refractivity contribution in [2.45, 2.75) is 16.6 Å². The fourth-order valence-corrected chi connectivity index (χ4v) is 3.83. The number of benzene rings is 3. The average Bonchev–Trinajstić information content (AvgIpc) is 2.81. The van der Waals surface area contributed by atoms with Crippen LogP contribution in [0.25, 0.3) is 0 Å². The number of carboxylic acid groups (broad SMARTS) is 1. The van der Waals surface area contributed by atoms with Crippen LogP contribution in [0.15, 0.2) is 77.7 Å². The molecular formula is C24H20ClFN2O5S. The summed E-state index contributed by atoms with van der Waals surface area (Å²) in [7, 11) is 0. The van der Waals surface area contributed by atoms with E-state index in [0.717, 1.165) is 11.8 Å². The van der Waals surface area contributed by atoms with Crippen LogP contribution in [0.5, 0.6) is 0 Å². The molecule has 0 fully saturated rings. The van der Waals surface area contributed by atoms with Gasteiger partial charge in [0, 0.05) is 33.3 Å². The smallest absolute Gasteiger partial charge is 0.411 e. The summed E-state index contributed by atoms with van der Waals surface area (Å²) in [5, 5.41) is 14.4. The number of ether oxygens (including phenoxy) is 1. The number of halogens is 2. The molecule has 3 N–H and O–H groups in total. The number of amides is 2. The summed E-state index contributed by atoms with van der Waals surface area (Å²) in [6.45, 7) is -0.126. The van der Waals surface area contributed by atoms with Crippen molar-refractivity contribution in [3.8, 4) is 0 Å². The first-order chi connectivity index (χ1) is 16.3. The lowest BCUT2D eigenvalue weighted by molar-refractivity contribution is -0.136. The normalized spacial score (nSPS) is 11.4. The van der Waals surface area contributed by atoms with Crippen LogP contribution < -0.4 is 10.6 Å². The summed E-state index contributed by atoms with van der Waals surface area (Å²) < 4.78 is 17.9. The second kappa shape index (κ2) is 12.1. The standard InChI is InChI=1S/C24H20ClFN2O5S/c25-16-3-7-18(8-4-16)27-22(29)15-1-11-20(12-2-15)34-21(23(30)31)13-14-33-24(32)28-19-9-5-17(26)6-10-19/h1-12,21H,13-14H2,(H,27,29)(H,28,32)(H,30,31). The van der Waals surface area contributed by atoms with Crippen molar-refractivity contribution in [1.82, 2.24) is 0 Å². The van der Waals surface area contributed by atoms with Gasteiger partial charge in [-0.3, -0.25) is 14.9 Å². The molecule has 0 spiro atoms. The third kappa shape index (κ3) is 7.79. The van der Waals surface area contributed by atoms with E-state index in [4.69, 9.17) is 16.3 Å². The van der Waals surface area contributed by atoms with Gasteiger partial charge in [0.15, 0.2) is 0 Å². The summed E-state index contributed by atoms with van der Waals surface area (Å²) in [4.78, 5) is 36.5. The zero-order chi connectivity index (χ0) is 24.5. The fourth-order valence-electron chi connectivity index (χ4n) is 2.76. The van der Waals surface area contributed by atoms with Crippen molar-refractivity contribution in [2.24, 2.45) is 0 Å². The first-order valence-electron chi connectivity index (χ1n) is 10.1. The Morgan fingerprint density at radius 1 is 0.912 bits per heavy atom. The maximum absolute atomic E-state index is 12.9. The monoisotopic (exact) mass is 502 g/mol. The van der Waals surface area contributed by atoms with Crippen molar-refractivity contribution in [3.63, 3.8) is 0 Å². The van der Waals surface area contributed by atoms with Gasteiger partial charge in [-0.15, -0.1) is 11.8 Å². The molecular weight excluding hydrogens is 483 g/mol. The van der Waals surface area contributed by atoms with E-state index >= 15 is 0 Å². The third-order valence-electron chi connectivity index (χ3n) is 4.48. The summed E-state index contributed by atoms with van der Waals surface area (Å²) in [5.74, 6) is -1.80. The van der Waals surface area contributed by atoms with Gasteiger partial charge in [0.2, 0.25) is 0 Å². The number of hydrogen-bond acceptors (Lipinski definition) is 5. The molecule has 2 amide bonds. The fraction of sp³-hybridized carbons (Fsp3) is 0.125. The van der Waals surface area contributed by atoms with Gasteiger partial charge in [0.05, 0.1) is 6.61 Å². The summed E-state index contributed by atoms with van der Waals surface area (Å²) in [5.41, 5.74) is 1.37. The first kappa shape index (κ1) is 25.1. The lowest BCUT2D eigenvalue weighted by Gasteiger charge is -2.13. The number of aliphatic carboxylic acids is 1. The third-order valence-corrected chi connectivity index (χ3v) is 5.99. The maximum Gasteiger partial charge on any atom is 0.411 e. The maximum atomic E-state index is 12.9. The minimum Gasteiger partial charge on any atom is -0.480 e. The van der Waals surface area contributed by atoms with Gasteiger partial charge >= 0.3 is 12.1 Å². The number of carbonyl (C=O) groups is 3. The van der Waals surface area contributed by atoms with E-state index < -0.39 is 23.1 Å². The average molecular weight is 503 g/mol. The van der Waals surface area contributed by atoms with E-state index in [-0.39, 0.29) is 18.9 Å². The predicted molar refractivity (Wildman–Crippen MR) is 129 cm³/mol. The highest BCUT2D eigenvalue weighted by Crippen LogP contribution is 2.26. The Hall–Kier alpha value is -3.56. The Morgan fingerprint density at radius 2 is 1.50 bits per heavy atom. The van der Waals surface area contributed by atoms with Crippen molar-refractivity contribution in [1.29, 1.82) is 0 Å². The summed E-state index contributed by atoms with van der Waals surface area (Å²) in [6.07, 6.45) is -0.702. The highest BCUT2D eigenvalue weighted by molar-refractivity contribution is 8.00. The Kier molecular flexibility index (Phi) is 8.89. The van der Waals surface area contributed by atoms with Gasteiger partial charge in [-0.1, -0.05) is 11.6 Å². The Bertz CT molecular complexity index is 1140. The van der Waals surface area contributed by atoms with E-state index in [1.165, 1.54) is 24.3 Å². The van der Waals surface area contributed by atoms with Crippen molar-refractivity contribution in [3.05, 3.63) is 89.2 Å². The van der Waals surface area contributed by atoms with E-state index in [2.05, 4.69) is 10.6 Å². The SMILES string of the molecule is O=C(Nc1ccc(F)cc1)OCCC(Sc1ccc(C(=O)Nc2ccc(Cl)cc2)cc1)C(=O)O. The largest absolute Gasteiger partial charge is 0.480 e. The van der Waals surface area contributed by atoms with Crippen LogP contribution in [0.3, 0.4) is 0 Å². The number of anilines is 2. The second-order valence-electron chi connectivity index (χ2n) is 6.99. The zero-order valence-electron chi connectivity index (χ0n) is 17.7. The van der Waals surface area contributed by atoms with Crippen LogP contribution in [0.2, 0.25) is 5.02 Å². The molecule has 1 unspecified atom stereocenters. The molecule has 7 nitrogen and oxygen atoms in total. The van der Waals surface area contributed by atoms with Crippen LogP contribution in [0.1, 0.15) is 16.8 Å². The van der Waals surface area contributed by atoms with Gasteiger partial charge < -0.3 is 15.2 Å². The molecule has 0 radical (unpaired) electrons. The van der Waals surface area contributed by atoms with Crippen LogP contribution >= 0.6 is 23.4 Å². The molecule has 0 saturated heterocycles. The van der Waals surface area contributed by atoms with Gasteiger partial charge in [0.25, 0.3) is 5.91 Å². The lowest BCUT2D eigenvalue weighted by atomic mass is 10.2. The minimum atomic E-state index is -1.06. The van der Waals surface area contributed by atoms with Crippen molar-refractivity contribution < 1.29 is 28.6 Å². The number of nitrogens with one attached hydrogen (secondary N) is 2. The number of carbonyl (C=O) groups excluding carboxylic acids is 2. The Labute approximate surface area is 204 Å². The second-order valence-corrected chi connectivity index (χ2v) is 8.70. The molecule has 3 aromatic carbocycles. The summed E-state index contributed by atoms with van der Waals surface area (Å²) in [6, 6.07) is 18.3. The van der Waals surface area contributed by atoms with E-state index in [1.807, 2.05) is 0 Å². The molecule has 3 rings (SSSR count). The molecule has 0 heterocycles. The van der Waals surface area contributed by atoms with Gasteiger partial charge in [0.1, 0.15) is 11.1 Å². The topological polar surface area (TPSA) is 105 Å². The molecule has 0 aliphatic carbocycles. The van der Waals surface area contributed by atoms with E-state index in [9.17, 15) is 23.9 Å². The summed E-state index contributed by atoms with van der Waals surface area (Å²) >= 11 is 6.92. The van der Waals surface area contributed by atoms with Crippen LogP contribution in [-0.2, 0) is 9.53 Å². The van der Waals surface area contributed by atoms with Crippen LogP contribution in [0, 0.1) is 5.82 Å². The zero-order valence-corrected chi connectivity index (χ0v) is 19.2. The molecule has 1 atom stereocenters. The number of hydrogen-bond donors (Lipinski definition) is 3. The van der Waals surface area contributed by atoms with Gasteiger partial charge in [-0.05, 0) is 72.8 Å². The number of thioether (sulfide) groups is 1. The lowest BCUT2D eigenvalue weighted by Crippen LogP contribution is -2.21. The predicted octanol–water partition coefficient (Wildman–Crippen LogP) is 5.92. The molecule has 0 saturated carbocycles. The van der Waals surface area contributed by atoms with E-state index in [1.54, 1.807) is 48.5 Å². The van der Waals surface area contributed by atoms with Gasteiger partial charge in [-0.2, -0.15) is 0 Å². The van der Waals surface area contributed by atoms with Crippen LogP contribution in [-0.4, -0.2) is 34.9 Å². The molecule has 0 bridgehead atoms. The molecule has 34 heavy (non-hydrogen) atoms. The first-order valence-corrected chi connectivity index (χ1v) is 11.3. The number of carboxylic acids is 1. The van der Waals surface area contributed by atoms with Crippen molar-refractivity contribution in [2.75, 3.05) is 17.2 Å². The molecule has 10 heteroatoms.